The minimum Gasteiger partial charge on any atom is -0.362 e. The lowest BCUT2D eigenvalue weighted by atomic mass is 10.2. The van der Waals surface area contributed by atoms with Crippen molar-refractivity contribution in [1.29, 1.82) is 0 Å². The molecule has 11 nitrogen and oxygen atoms in total. The molecule has 2 aliphatic carbocycles. The van der Waals surface area contributed by atoms with Crippen LogP contribution in [0.4, 0.5) is 17.3 Å². The van der Waals surface area contributed by atoms with E-state index in [0.29, 0.717) is 40.5 Å². The van der Waals surface area contributed by atoms with Crippen LogP contribution in [-0.2, 0) is 14.5 Å². The molecule has 2 saturated carbocycles. The number of carbonyl (C=O) groups excluding carboxylic acids is 1. The number of anilines is 2. The van der Waals surface area contributed by atoms with E-state index in [1.807, 2.05) is 36.6 Å². The normalized spacial score (nSPS) is 19.3. The van der Waals surface area contributed by atoms with E-state index in [9.17, 15) is 9.00 Å². The molecule has 0 radical (unpaired) electrons. The van der Waals surface area contributed by atoms with Gasteiger partial charge in [0.2, 0.25) is 5.91 Å². The Morgan fingerprint density at radius 2 is 1.88 bits per heavy atom. The number of pyridine rings is 1. The number of aryl methyl sites for hydroxylation is 2. The predicted molar refractivity (Wildman–Crippen MR) is 154 cm³/mol. The number of fused-ring (bicyclic) bond motifs is 1. The molecule has 40 heavy (non-hydrogen) atoms. The Morgan fingerprint density at radius 1 is 1.10 bits per heavy atom. The largest absolute Gasteiger partial charge is 0.362 e. The Kier molecular flexibility index (Phi) is 6.52. The number of hydrogen-bond acceptors (Lipinski definition) is 9. The summed E-state index contributed by atoms with van der Waals surface area (Å²) in [5.74, 6) is 2.55. The summed E-state index contributed by atoms with van der Waals surface area (Å²) in [4.78, 5) is 35.5. The first kappa shape index (κ1) is 26.3. The molecule has 6 rings (SSSR count). The fourth-order valence-electron chi connectivity index (χ4n) is 4.91. The first-order chi connectivity index (χ1) is 19.0. The van der Waals surface area contributed by atoms with Crippen LogP contribution in [0.2, 0.25) is 0 Å². The molecule has 0 bridgehead atoms. The lowest BCUT2D eigenvalue weighted by Gasteiger charge is -2.14. The van der Waals surface area contributed by atoms with Gasteiger partial charge >= 0.3 is 0 Å². The van der Waals surface area contributed by atoms with Crippen LogP contribution >= 0.6 is 0 Å². The summed E-state index contributed by atoms with van der Waals surface area (Å²) in [5.41, 5.74) is 4.20. The topological polar surface area (TPSA) is 139 Å². The molecule has 12 heteroatoms. The average molecular weight is 560 g/mol. The summed E-state index contributed by atoms with van der Waals surface area (Å²) < 4.78 is 19.0. The molecule has 1 amide bonds. The molecular weight excluding hydrogens is 526 g/mol. The van der Waals surface area contributed by atoms with Gasteiger partial charge in [-0.1, -0.05) is 0 Å². The number of imidazole rings is 1. The van der Waals surface area contributed by atoms with Crippen LogP contribution in [0.5, 0.6) is 0 Å². The molecular formula is C28H33N9O2S. The number of nitrogens with zero attached hydrogens (tertiary/aromatic N) is 7. The molecule has 4 heterocycles. The van der Waals surface area contributed by atoms with Gasteiger partial charge in [-0.25, -0.2) is 29.1 Å². The summed E-state index contributed by atoms with van der Waals surface area (Å²) in [5, 5.41) is 6.33. The number of carbonyl (C=O) groups is 1. The zero-order valence-corrected chi connectivity index (χ0v) is 24.1. The van der Waals surface area contributed by atoms with Gasteiger partial charge in [-0.05, 0) is 63.6 Å². The van der Waals surface area contributed by atoms with Gasteiger partial charge in [0, 0.05) is 64.4 Å². The number of rotatable bonds is 8. The lowest BCUT2D eigenvalue weighted by Crippen LogP contribution is -2.17. The highest BCUT2D eigenvalue weighted by atomic mass is 32.2. The minimum absolute atomic E-state index is 0.0290. The van der Waals surface area contributed by atoms with Crippen LogP contribution in [-0.4, -0.2) is 51.9 Å². The van der Waals surface area contributed by atoms with Crippen molar-refractivity contribution >= 4 is 38.6 Å². The van der Waals surface area contributed by atoms with Gasteiger partial charge in [0.05, 0.1) is 11.7 Å². The highest BCUT2D eigenvalue weighted by molar-refractivity contribution is 7.92. The van der Waals surface area contributed by atoms with Crippen LogP contribution in [0.15, 0.2) is 41.2 Å². The number of hydrogen-bond donors (Lipinski definition) is 2. The van der Waals surface area contributed by atoms with Crippen LogP contribution in [0.1, 0.15) is 72.7 Å². The Hall–Kier alpha value is -3.93. The molecule has 0 unspecified atom stereocenters. The zero-order chi connectivity index (χ0) is 28.2. The van der Waals surface area contributed by atoms with Gasteiger partial charge in [-0.2, -0.15) is 4.36 Å². The maximum absolute atomic E-state index is 12.9. The summed E-state index contributed by atoms with van der Waals surface area (Å²) in [7, 11) is -2.35. The van der Waals surface area contributed by atoms with Crippen molar-refractivity contribution in [1.82, 2.24) is 29.3 Å². The maximum atomic E-state index is 12.9. The Bertz CT molecular complexity index is 1750. The highest BCUT2D eigenvalue weighted by Crippen LogP contribution is 2.46. The Morgan fingerprint density at radius 3 is 2.60 bits per heavy atom. The van der Waals surface area contributed by atoms with Gasteiger partial charge in [0.1, 0.15) is 29.0 Å². The molecule has 0 aromatic carbocycles. The van der Waals surface area contributed by atoms with Crippen molar-refractivity contribution in [2.24, 2.45) is 10.3 Å². The second-order valence-electron chi connectivity index (χ2n) is 11.1. The predicted octanol–water partition coefficient (Wildman–Crippen LogP) is 4.68. The molecule has 0 saturated heterocycles. The van der Waals surface area contributed by atoms with E-state index in [4.69, 9.17) is 4.98 Å². The van der Waals surface area contributed by atoms with E-state index in [1.54, 1.807) is 31.7 Å². The standard InChI is InChI=1S/C28H33N9O2S/c1-15-8-9-29-26(30-15)20-11-21(20)28(38)35-25-12-24(32-17(3)33-25)31-16(2)23-14-37-13-19(18-6-7-18)10-22(27(37)34-23)36-40(4,5)39/h8-10,12-14,16,18,20-21H,6-7,11H2,1-5H3,(H2,31,32,33,35,38)/t16-,20+,21+/m1/s1. The molecule has 2 fully saturated rings. The van der Waals surface area contributed by atoms with Gasteiger partial charge in [0.25, 0.3) is 0 Å². The van der Waals surface area contributed by atoms with Crippen molar-refractivity contribution in [3.05, 3.63) is 65.4 Å². The van der Waals surface area contributed by atoms with Crippen molar-refractivity contribution in [3.8, 4) is 0 Å². The third-order valence-corrected chi connectivity index (χ3v) is 7.74. The fraction of sp³-hybridized carbons (Fsp3) is 0.429. The third kappa shape index (κ3) is 5.81. The van der Waals surface area contributed by atoms with Crippen LogP contribution in [0.25, 0.3) is 5.65 Å². The van der Waals surface area contributed by atoms with Crippen LogP contribution in [0.3, 0.4) is 0 Å². The summed E-state index contributed by atoms with van der Waals surface area (Å²) in [6.07, 6.45) is 12.1. The van der Waals surface area contributed by atoms with E-state index < -0.39 is 9.73 Å². The lowest BCUT2D eigenvalue weighted by molar-refractivity contribution is -0.117. The van der Waals surface area contributed by atoms with E-state index >= 15 is 0 Å². The number of amides is 1. The van der Waals surface area contributed by atoms with Gasteiger partial charge in [-0.3, -0.25) is 4.79 Å². The third-order valence-electron chi connectivity index (χ3n) is 7.11. The van der Waals surface area contributed by atoms with E-state index in [2.05, 4.69) is 41.1 Å². The Balaban J connectivity index is 1.19. The van der Waals surface area contributed by atoms with Crippen molar-refractivity contribution in [3.63, 3.8) is 0 Å². The van der Waals surface area contributed by atoms with E-state index in [-0.39, 0.29) is 23.8 Å². The number of nitrogens with one attached hydrogen (secondary N) is 2. The molecule has 0 spiro atoms. The van der Waals surface area contributed by atoms with Crippen LogP contribution in [0, 0.1) is 19.8 Å². The smallest absolute Gasteiger partial charge is 0.229 e. The number of aromatic nitrogens is 6. The second kappa shape index (κ2) is 9.92. The van der Waals surface area contributed by atoms with E-state index in [0.717, 1.165) is 30.7 Å². The molecule has 4 aromatic heterocycles. The molecule has 4 aromatic rings. The monoisotopic (exact) mass is 559 g/mol. The fourth-order valence-corrected chi connectivity index (χ4v) is 5.52. The molecule has 0 aliphatic heterocycles. The van der Waals surface area contributed by atoms with E-state index in [1.165, 1.54) is 5.56 Å². The second-order valence-corrected chi connectivity index (χ2v) is 13.7. The molecule has 3 atom stereocenters. The van der Waals surface area contributed by atoms with Gasteiger partial charge < -0.3 is 15.0 Å². The summed E-state index contributed by atoms with van der Waals surface area (Å²) >= 11 is 0. The summed E-state index contributed by atoms with van der Waals surface area (Å²) in [6.45, 7) is 5.70. The first-order valence-corrected chi connectivity index (χ1v) is 15.8. The quantitative estimate of drug-likeness (QED) is 0.317. The van der Waals surface area contributed by atoms with Crippen molar-refractivity contribution < 1.29 is 9.00 Å². The highest BCUT2D eigenvalue weighted by Gasteiger charge is 2.46. The van der Waals surface area contributed by atoms with Crippen molar-refractivity contribution in [2.45, 2.75) is 57.9 Å². The van der Waals surface area contributed by atoms with Crippen molar-refractivity contribution in [2.75, 3.05) is 23.1 Å². The summed E-state index contributed by atoms with van der Waals surface area (Å²) in [6, 6.07) is 5.40. The molecule has 2 N–H and O–H groups in total. The average Bonchev–Trinajstić information content (AvgIpc) is 3.79. The first-order valence-electron chi connectivity index (χ1n) is 13.4. The maximum Gasteiger partial charge on any atom is 0.229 e. The van der Waals surface area contributed by atoms with Gasteiger partial charge in [-0.15, -0.1) is 0 Å². The zero-order valence-electron chi connectivity index (χ0n) is 23.3. The van der Waals surface area contributed by atoms with Crippen LogP contribution < -0.4 is 10.6 Å². The molecule has 208 valence electrons. The molecule has 2 aliphatic rings. The van der Waals surface area contributed by atoms with Gasteiger partial charge in [0.15, 0.2) is 5.65 Å². The Labute approximate surface area is 233 Å². The SMILES string of the molecule is Cc1ccnc([C@H]2C[C@@H]2C(=O)Nc2cc(N[C@H](C)c3cn4cc(C5CC5)cc(N=S(C)(C)=O)c4n3)nc(C)n2)n1. The minimum atomic E-state index is -2.35.